The van der Waals surface area contributed by atoms with E-state index in [9.17, 15) is 9.18 Å². The minimum atomic E-state index is -0.477. The Balaban J connectivity index is 2.15. The molecule has 2 aromatic rings. The van der Waals surface area contributed by atoms with Gasteiger partial charge in [0, 0.05) is 15.7 Å². The molecule has 1 amide bonds. The molecule has 0 aromatic heterocycles. The summed E-state index contributed by atoms with van der Waals surface area (Å²) in [6.45, 7) is -0.0505. The number of hydrogen-bond donors (Lipinski definition) is 2. The Kier molecular flexibility index (Phi) is 4.29. The Labute approximate surface area is 118 Å². The van der Waals surface area contributed by atoms with Gasteiger partial charge in [0.15, 0.2) is 0 Å². The highest BCUT2D eigenvalue weighted by Gasteiger charge is 2.08. The predicted octanol–water partition coefficient (Wildman–Crippen LogP) is 3.33. The number of aliphatic hydroxyl groups is 1. The first-order chi connectivity index (χ1) is 9.08. The molecule has 3 nitrogen and oxygen atoms in total. The highest BCUT2D eigenvalue weighted by molar-refractivity contribution is 9.10. The zero-order chi connectivity index (χ0) is 13.8. The van der Waals surface area contributed by atoms with Crippen molar-refractivity contribution in [2.24, 2.45) is 0 Å². The van der Waals surface area contributed by atoms with E-state index in [0.29, 0.717) is 10.2 Å². The summed E-state index contributed by atoms with van der Waals surface area (Å²) in [4.78, 5) is 11.9. The molecule has 98 valence electrons. The van der Waals surface area contributed by atoms with Gasteiger partial charge in [0.1, 0.15) is 5.82 Å². The van der Waals surface area contributed by atoms with E-state index < -0.39 is 11.7 Å². The van der Waals surface area contributed by atoms with Gasteiger partial charge in [0.25, 0.3) is 5.91 Å². The van der Waals surface area contributed by atoms with Gasteiger partial charge in [-0.1, -0.05) is 28.1 Å². The molecule has 0 aliphatic carbocycles. The van der Waals surface area contributed by atoms with Crippen LogP contribution in [0.2, 0.25) is 0 Å². The summed E-state index contributed by atoms with van der Waals surface area (Å²) in [6.07, 6.45) is 0. The first-order valence-corrected chi connectivity index (χ1v) is 6.35. The molecule has 0 heterocycles. The number of aliphatic hydroxyl groups excluding tert-OH is 1. The fourth-order valence-corrected chi connectivity index (χ4v) is 2.05. The Bertz CT molecular complexity index is 579. The smallest absolute Gasteiger partial charge is 0.255 e. The van der Waals surface area contributed by atoms with E-state index in [2.05, 4.69) is 21.2 Å². The number of halogens is 2. The fraction of sp³-hybridized carbons (Fsp3) is 0.0714. The van der Waals surface area contributed by atoms with Crippen LogP contribution in [0.15, 0.2) is 46.9 Å². The molecule has 0 saturated heterocycles. The van der Waals surface area contributed by atoms with Crippen molar-refractivity contribution in [1.29, 1.82) is 0 Å². The number of rotatable bonds is 3. The number of amides is 1. The number of carbonyl (C=O) groups excluding carboxylic acids is 1. The quantitative estimate of drug-likeness (QED) is 0.910. The number of nitrogens with one attached hydrogen (secondary N) is 1. The van der Waals surface area contributed by atoms with Gasteiger partial charge >= 0.3 is 0 Å². The number of benzene rings is 2. The zero-order valence-corrected chi connectivity index (χ0v) is 11.4. The molecule has 0 unspecified atom stereocenters. The Morgan fingerprint density at radius 3 is 2.47 bits per heavy atom. The van der Waals surface area contributed by atoms with E-state index in [1.807, 2.05) is 0 Å². The largest absolute Gasteiger partial charge is 0.392 e. The maximum atomic E-state index is 13.2. The SMILES string of the molecule is O=C(Nc1ccc(CO)cc1)c1cc(F)cc(Br)c1. The van der Waals surface area contributed by atoms with Crippen LogP contribution in [-0.4, -0.2) is 11.0 Å². The van der Waals surface area contributed by atoms with Crippen LogP contribution in [0.3, 0.4) is 0 Å². The van der Waals surface area contributed by atoms with Gasteiger partial charge in [0.05, 0.1) is 6.61 Å². The standard InChI is InChI=1S/C14H11BrFNO2/c15-11-5-10(6-12(16)7-11)14(19)17-13-3-1-9(8-18)2-4-13/h1-7,18H,8H2,(H,17,19). The minimum Gasteiger partial charge on any atom is -0.392 e. The van der Waals surface area contributed by atoms with Crippen LogP contribution in [0.5, 0.6) is 0 Å². The summed E-state index contributed by atoms with van der Waals surface area (Å²) >= 11 is 3.14. The van der Waals surface area contributed by atoms with Crippen LogP contribution in [-0.2, 0) is 6.61 Å². The van der Waals surface area contributed by atoms with Gasteiger partial charge in [-0.3, -0.25) is 4.79 Å². The molecular formula is C14H11BrFNO2. The molecular weight excluding hydrogens is 313 g/mol. The van der Waals surface area contributed by atoms with E-state index in [4.69, 9.17) is 5.11 Å². The Morgan fingerprint density at radius 2 is 1.89 bits per heavy atom. The van der Waals surface area contributed by atoms with E-state index in [0.717, 1.165) is 5.56 Å². The lowest BCUT2D eigenvalue weighted by Gasteiger charge is -2.06. The number of anilines is 1. The molecule has 5 heteroatoms. The summed E-state index contributed by atoms with van der Waals surface area (Å²) in [7, 11) is 0. The van der Waals surface area contributed by atoms with Crippen molar-refractivity contribution < 1.29 is 14.3 Å². The predicted molar refractivity (Wildman–Crippen MR) is 74.4 cm³/mol. The first kappa shape index (κ1) is 13.7. The van der Waals surface area contributed by atoms with Gasteiger partial charge in [-0.05, 0) is 35.9 Å². The normalized spacial score (nSPS) is 10.3. The molecule has 2 aromatic carbocycles. The van der Waals surface area contributed by atoms with Gasteiger partial charge in [-0.2, -0.15) is 0 Å². The lowest BCUT2D eigenvalue weighted by Crippen LogP contribution is -2.12. The average molecular weight is 324 g/mol. The van der Waals surface area contributed by atoms with Crippen molar-refractivity contribution in [3.8, 4) is 0 Å². The van der Waals surface area contributed by atoms with Crippen molar-refractivity contribution in [3.05, 3.63) is 63.9 Å². The Hall–Kier alpha value is -1.72. The van der Waals surface area contributed by atoms with Crippen LogP contribution >= 0.6 is 15.9 Å². The molecule has 0 saturated carbocycles. The second-order valence-electron chi connectivity index (χ2n) is 3.97. The van der Waals surface area contributed by atoms with Crippen molar-refractivity contribution >= 4 is 27.5 Å². The van der Waals surface area contributed by atoms with Crippen molar-refractivity contribution in [2.75, 3.05) is 5.32 Å². The molecule has 0 fully saturated rings. The summed E-state index contributed by atoms with van der Waals surface area (Å²) in [6, 6.07) is 10.8. The monoisotopic (exact) mass is 323 g/mol. The average Bonchev–Trinajstić information content (AvgIpc) is 2.38. The molecule has 19 heavy (non-hydrogen) atoms. The molecule has 2 rings (SSSR count). The summed E-state index contributed by atoms with van der Waals surface area (Å²) in [5.41, 5.74) is 1.58. The molecule has 2 N–H and O–H groups in total. The fourth-order valence-electron chi connectivity index (χ4n) is 1.58. The summed E-state index contributed by atoms with van der Waals surface area (Å²) in [5, 5.41) is 11.6. The number of hydrogen-bond acceptors (Lipinski definition) is 2. The summed E-state index contributed by atoms with van der Waals surface area (Å²) < 4.78 is 13.7. The number of carbonyl (C=O) groups is 1. The van der Waals surface area contributed by atoms with E-state index >= 15 is 0 Å². The van der Waals surface area contributed by atoms with Gasteiger partial charge < -0.3 is 10.4 Å². The topological polar surface area (TPSA) is 49.3 Å². The summed E-state index contributed by atoms with van der Waals surface area (Å²) in [5.74, 6) is -0.868. The molecule has 0 aliphatic heterocycles. The minimum absolute atomic E-state index is 0.0505. The molecule has 0 atom stereocenters. The van der Waals surface area contributed by atoms with Gasteiger partial charge in [-0.15, -0.1) is 0 Å². The maximum absolute atomic E-state index is 13.2. The third-order valence-corrected chi connectivity index (χ3v) is 2.98. The Morgan fingerprint density at radius 1 is 1.21 bits per heavy atom. The highest BCUT2D eigenvalue weighted by Crippen LogP contribution is 2.17. The third kappa shape index (κ3) is 3.62. The van der Waals surface area contributed by atoms with Crippen LogP contribution in [0.25, 0.3) is 0 Å². The van der Waals surface area contributed by atoms with Gasteiger partial charge in [-0.25, -0.2) is 4.39 Å². The van der Waals surface area contributed by atoms with Gasteiger partial charge in [0.2, 0.25) is 0 Å². The van der Waals surface area contributed by atoms with Crippen molar-refractivity contribution in [2.45, 2.75) is 6.61 Å². The van der Waals surface area contributed by atoms with E-state index in [1.54, 1.807) is 30.3 Å². The highest BCUT2D eigenvalue weighted by atomic mass is 79.9. The lowest BCUT2D eigenvalue weighted by atomic mass is 10.2. The van der Waals surface area contributed by atoms with E-state index in [-0.39, 0.29) is 12.2 Å². The molecule has 0 radical (unpaired) electrons. The lowest BCUT2D eigenvalue weighted by molar-refractivity contribution is 0.102. The second-order valence-corrected chi connectivity index (χ2v) is 4.88. The second kappa shape index (κ2) is 5.95. The maximum Gasteiger partial charge on any atom is 0.255 e. The van der Waals surface area contributed by atoms with Crippen LogP contribution in [0.1, 0.15) is 15.9 Å². The zero-order valence-electron chi connectivity index (χ0n) is 9.86. The van der Waals surface area contributed by atoms with Crippen LogP contribution in [0, 0.1) is 5.82 Å². The van der Waals surface area contributed by atoms with Crippen molar-refractivity contribution in [1.82, 2.24) is 0 Å². The molecule has 0 spiro atoms. The van der Waals surface area contributed by atoms with Crippen LogP contribution < -0.4 is 5.32 Å². The molecule has 0 aliphatic rings. The first-order valence-electron chi connectivity index (χ1n) is 5.56. The van der Waals surface area contributed by atoms with Crippen LogP contribution in [0.4, 0.5) is 10.1 Å². The molecule has 0 bridgehead atoms. The van der Waals surface area contributed by atoms with E-state index in [1.165, 1.54) is 12.1 Å². The third-order valence-electron chi connectivity index (χ3n) is 2.52. The van der Waals surface area contributed by atoms with Crippen molar-refractivity contribution in [3.63, 3.8) is 0 Å².